The maximum Gasteiger partial charge on any atom is 0.335 e. The standard InChI is InChI=1S/C15H12N4O4S/c20-13-10(7-16-15-19(13)5-6-24-15)12-18-17-11(23-12)8-1-3-9(4-2-8)14(21)22/h1-4,7,12,18H,5-6H2,(H,21,22). The number of hydrogen-bond acceptors (Lipinski definition) is 7. The summed E-state index contributed by atoms with van der Waals surface area (Å²) in [7, 11) is 0. The van der Waals surface area contributed by atoms with Gasteiger partial charge in [0.1, 0.15) is 0 Å². The normalized spacial score (nSPS) is 18.5. The van der Waals surface area contributed by atoms with Gasteiger partial charge in [0, 0.05) is 24.1 Å². The zero-order valence-electron chi connectivity index (χ0n) is 12.3. The molecule has 9 heteroatoms. The number of aromatic carboxylic acids is 1. The minimum atomic E-state index is -0.998. The molecule has 2 aliphatic heterocycles. The highest BCUT2D eigenvalue weighted by molar-refractivity contribution is 7.99. The van der Waals surface area contributed by atoms with Gasteiger partial charge in [-0.2, -0.15) is 0 Å². The van der Waals surface area contributed by atoms with E-state index in [9.17, 15) is 9.59 Å². The van der Waals surface area contributed by atoms with Crippen LogP contribution in [0.3, 0.4) is 0 Å². The second kappa shape index (κ2) is 5.68. The third-order valence-electron chi connectivity index (χ3n) is 3.76. The number of thioether (sulfide) groups is 1. The second-order valence-electron chi connectivity index (χ2n) is 5.23. The minimum absolute atomic E-state index is 0.139. The van der Waals surface area contributed by atoms with Gasteiger partial charge in [0.25, 0.3) is 5.56 Å². The van der Waals surface area contributed by atoms with E-state index >= 15 is 0 Å². The van der Waals surface area contributed by atoms with Crippen molar-refractivity contribution in [1.29, 1.82) is 0 Å². The van der Waals surface area contributed by atoms with Crippen molar-refractivity contribution in [2.24, 2.45) is 5.10 Å². The van der Waals surface area contributed by atoms with Gasteiger partial charge in [-0.1, -0.05) is 11.8 Å². The molecule has 1 aromatic carbocycles. The van der Waals surface area contributed by atoms with Crippen LogP contribution in [-0.4, -0.2) is 32.3 Å². The third-order valence-corrected chi connectivity index (χ3v) is 4.73. The van der Waals surface area contributed by atoms with E-state index in [1.54, 1.807) is 28.5 Å². The van der Waals surface area contributed by atoms with E-state index in [0.717, 1.165) is 5.75 Å². The Bertz CT molecular complexity index is 907. The van der Waals surface area contributed by atoms with Gasteiger partial charge in [0.05, 0.1) is 11.1 Å². The molecule has 1 aromatic heterocycles. The van der Waals surface area contributed by atoms with Crippen LogP contribution in [0.5, 0.6) is 0 Å². The first-order chi connectivity index (χ1) is 11.6. The summed E-state index contributed by atoms with van der Waals surface area (Å²) in [5.41, 5.74) is 3.84. The lowest BCUT2D eigenvalue weighted by molar-refractivity contribution is 0.0697. The first kappa shape index (κ1) is 14.8. The lowest BCUT2D eigenvalue weighted by Gasteiger charge is -2.12. The minimum Gasteiger partial charge on any atom is -0.478 e. The van der Waals surface area contributed by atoms with E-state index in [4.69, 9.17) is 9.84 Å². The Morgan fingerprint density at radius 2 is 2.17 bits per heavy atom. The average molecular weight is 344 g/mol. The summed E-state index contributed by atoms with van der Waals surface area (Å²) in [6.45, 7) is 0.636. The predicted molar refractivity (Wildman–Crippen MR) is 86.1 cm³/mol. The number of hydrogen-bond donors (Lipinski definition) is 2. The summed E-state index contributed by atoms with van der Waals surface area (Å²) >= 11 is 1.55. The van der Waals surface area contributed by atoms with Crippen LogP contribution in [-0.2, 0) is 11.3 Å². The Labute approximate surface area is 140 Å². The van der Waals surface area contributed by atoms with Gasteiger partial charge in [0.2, 0.25) is 12.1 Å². The molecule has 0 saturated carbocycles. The lowest BCUT2D eigenvalue weighted by atomic mass is 10.1. The van der Waals surface area contributed by atoms with Crippen molar-refractivity contribution in [2.45, 2.75) is 17.9 Å². The summed E-state index contributed by atoms with van der Waals surface area (Å²) in [6, 6.07) is 6.16. The molecule has 3 heterocycles. The molecule has 1 unspecified atom stereocenters. The van der Waals surface area contributed by atoms with Gasteiger partial charge in [-0.05, 0) is 24.3 Å². The molecule has 2 N–H and O–H groups in total. The number of carbonyl (C=O) groups is 1. The fourth-order valence-corrected chi connectivity index (χ4v) is 3.43. The third kappa shape index (κ3) is 2.42. The zero-order chi connectivity index (χ0) is 16.7. The van der Waals surface area contributed by atoms with Crippen molar-refractivity contribution in [2.75, 3.05) is 5.75 Å². The van der Waals surface area contributed by atoms with Gasteiger partial charge < -0.3 is 9.84 Å². The highest BCUT2D eigenvalue weighted by atomic mass is 32.2. The number of carboxylic acid groups (broad SMARTS) is 1. The van der Waals surface area contributed by atoms with Crippen LogP contribution >= 0.6 is 11.8 Å². The first-order valence-corrected chi connectivity index (χ1v) is 8.18. The number of nitrogens with zero attached hydrogens (tertiary/aromatic N) is 3. The van der Waals surface area contributed by atoms with Crippen molar-refractivity contribution in [3.05, 3.63) is 57.5 Å². The Balaban J connectivity index is 1.56. The largest absolute Gasteiger partial charge is 0.478 e. The molecule has 0 bridgehead atoms. The summed E-state index contributed by atoms with van der Waals surface area (Å²) < 4.78 is 7.34. The number of ether oxygens (including phenoxy) is 1. The molecule has 0 fully saturated rings. The zero-order valence-corrected chi connectivity index (χ0v) is 13.1. The summed E-state index contributed by atoms with van der Waals surface area (Å²) in [5.74, 6) is 0.139. The molecule has 4 rings (SSSR count). The molecule has 122 valence electrons. The number of rotatable bonds is 3. The fourth-order valence-electron chi connectivity index (χ4n) is 2.52. The molecule has 8 nitrogen and oxygen atoms in total. The van der Waals surface area contributed by atoms with Gasteiger partial charge >= 0.3 is 5.97 Å². The Kier molecular flexibility index (Phi) is 3.49. The van der Waals surface area contributed by atoms with Crippen molar-refractivity contribution in [1.82, 2.24) is 15.0 Å². The van der Waals surface area contributed by atoms with Crippen molar-refractivity contribution < 1.29 is 14.6 Å². The van der Waals surface area contributed by atoms with Crippen LogP contribution in [0.4, 0.5) is 0 Å². The topological polar surface area (TPSA) is 106 Å². The Hall–Kier alpha value is -2.81. The van der Waals surface area contributed by atoms with E-state index in [1.807, 2.05) is 0 Å². The van der Waals surface area contributed by atoms with Gasteiger partial charge in [-0.25, -0.2) is 9.78 Å². The van der Waals surface area contributed by atoms with Crippen LogP contribution < -0.4 is 11.0 Å². The Morgan fingerprint density at radius 1 is 1.38 bits per heavy atom. The molecule has 1 atom stereocenters. The molecule has 0 radical (unpaired) electrons. The van der Waals surface area contributed by atoms with E-state index in [2.05, 4.69) is 15.5 Å². The van der Waals surface area contributed by atoms with Crippen LogP contribution in [0.2, 0.25) is 0 Å². The van der Waals surface area contributed by atoms with Crippen molar-refractivity contribution in [3.8, 4) is 0 Å². The maximum atomic E-state index is 12.5. The van der Waals surface area contributed by atoms with Crippen LogP contribution in [0.25, 0.3) is 0 Å². The van der Waals surface area contributed by atoms with Gasteiger partial charge in [-0.15, -0.1) is 5.10 Å². The number of carboxylic acids is 1. The molecule has 0 spiro atoms. The van der Waals surface area contributed by atoms with E-state index in [-0.39, 0.29) is 11.1 Å². The maximum absolute atomic E-state index is 12.5. The van der Waals surface area contributed by atoms with E-state index < -0.39 is 12.2 Å². The number of aromatic nitrogens is 2. The second-order valence-corrected chi connectivity index (χ2v) is 6.29. The van der Waals surface area contributed by atoms with Crippen LogP contribution in [0, 0.1) is 0 Å². The van der Waals surface area contributed by atoms with Crippen molar-refractivity contribution >= 4 is 23.6 Å². The molecule has 2 aliphatic rings. The molecule has 0 amide bonds. The van der Waals surface area contributed by atoms with Crippen LogP contribution in [0.15, 0.2) is 45.5 Å². The lowest BCUT2D eigenvalue weighted by Crippen LogP contribution is -2.29. The van der Waals surface area contributed by atoms with Crippen molar-refractivity contribution in [3.63, 3.8) is 0 Å². The molecule has 0 aliphatic carbocycles. The highest BCUT2D eigenvalue weighted by Gasteiger charge is 2.27. The molecule has 24 heavy (non-hydrogen) atoms. The fraction of sp³-hybridized carbons (Fsp3) is 0.200. The van der Waals surface area contributed by atoms with Gasteiger partial charge in [-0.3, -0.25) is 14.8 Å². The number of benzene rings is 1. The molecule has 0 saturated heterocycles. The SMILES string of the molecule is O=C(O)c1ccc(C2=NNC(c3cnc4n(c3=O)CCS4)O2)cc1. The monoisotopic (exact) mass is 344 g/mol. The first-order valence-electron chi connectivity index (χ1n) is 7.19. The summed E-state index contributed by atoms with van der Waals surface area (Å²) in [4.78, 5) is 27.6. The Morgan fingerprint density at radius 3 is 2.92 bits per heavy atom. The molecular weight excluding hydrogens is 332 g/mol. The van der Waals surface area contributed by atoms with E-state index in [1.165, 1.54) is 18.3 Å². The average Bonchev–Trinajstić information content (AvgIpc) is 3.25. The molecule has 2 aromatic rings. The summed E-state index contributed by atoms with van der Waals surface area (Å²) in [6.07, 6.45) is 0.804. The number of hydrazone groups is 1. The van der Waals surface area contributed by atoms with E-state index in [0.29, 0.717) is 28.7 Å². The number of nitrogens with one attached hydrogen (secondary N) is 1. The summed E-state index contributed by atoms with van der Waals surface area (Å²) in [5, 5.41) is 13.7. The van der Waals surface area contributed by atoms with Gasteiger partial charge in [0.15, 0.2) is 5.16 Å². The van der Waals surface area contributed by atoms with Crippen LogP contribution in [0.1, 0.15) is 27.7 Å². The highest BCUT2D eigenvalue weighted by Crippen LogP contribution is 2.24. The molecular formula is C15H12N4O4S. The number of fused-ring (bicyclic) bond motifs is 1. The predicted octanol–water partition coefficient (Wildman–Crippen LogP) is 1.03. The quantitative estimate of drug-likeness (QED) is 0.801. The smallest absolute Gasteiger partial charge is 0.335 e.